The molecule has 9 heteroatoms. The molecule has 0 spiro atoms. The summed E-state index contributed by atoms with van der Waals surface area (Å²) in [5.74, 6) is 1.42. The van der Waals surface area contributed by atoms with E-state index in [0.29, 0.717) is 33.6 Å². The molecular weight excluding hydrogens is 721 g/mol. The van der Waals surface area contributed by atoms with E-state index in [9.17, 15) is 5.11 Å². The molecule has 8 rings (SSSR count). The summed E-state index contributed by atoms with van der Waals surface area (Å²) in [5.41, 5.74) is 7.27. The molecule has 0 saturated heterocycles. The number of fused-ring (bicyclic) bond motifs is 8. The maximum Gasteiger partial charge on any atom is 0.325 e. The van der Waals surface area contributed by atoms with Crippen molar-refractivity contribution in [2.75, 3.05) is 7.05 Å². The molecule has 4 aromatic heterocycles. The van der Waals surface area contributed by atoms with Crippen LogP contribution in [0.25, 0.3) is 38.9 Å². The molecule has 0 fully saturated rings. The van der Waals surface area contributed by atoms with E-state index in [1.54, 1.807) is 18.5 Å². The Kier molecular flexibility index (Phi) is 6.03. The number of pyridine rings is 2. The Hall–Kier alpha value is -4.52. The van der Waals surface area contributed by atoms with E-state index in [1.165, 1.54) is 0 Å². The van der Waals surface area contributed by atoms with Crippen molar-refractivity contribution in [1.82, 2.24) is 24.0 Å². The van der Waals surface area contributed by atoms with Gasteiger partial charge in [-0.15, -0.1) is 0 Å². The van der Waals surface area contributed by atoms with Crippen molar-refractivity contribution in [1.29, 1.82) is 0 Å². The number of para-hydroxylation sites is 5. The monoisotopic (exact) mass is 748 g/mol. The Labute approximate surface area is 262 Å². The van der Waals surface area contributed by atoms with E-state index in [0.717, 1.165) is 33.9 Å². The van der Waals surface area contributed by atoms with E-state index >= 15 is 0 Å². The zero-order valence-corrected chi connectivity index (χ0v) is 26.2. The van der Waals surface area contributed by atoms with Gasteiger partial charge in [-0.3, -0.25) is 0 Å². The van der Waals surface area contributed by atoms with Crippen LogP contribution in [0.2, 0.25) is 0 Å². The SMILES string of the molecule is CC(C)(C)c1ccnc2c1oc1ncc(Oc3cccc([N+]4(C)c5ccccc5-n5c4nc4ccccc45)c3O)[c-]c12.[Pt]. The summed E-state index contributed by atoms with van der Waals surface area (Å²) in [5, 5.41) is 12.4. The third kappa shape index (κ3) is 3.87. The van der Waals surface area contributed by atoms with E-state index in [2.05, 4.69) is 59.6 Å². The predicted octanol–water partition coefficient (Wildman–Crippen LogP) is 8.22. The van der Waals surface area contributed by atoms with Gasteiger partial charge in [-0.25, -0.2) is 4.57 Å². The fraction of sp³-hybridized carbons (Fsp3) is 0.147. The number of rotatable bonds is 3. The predicted molar refractivity (Wildman–Crippen MR) is 163 cm³/mol. The van der Waals surface area contributed by atoms with Crippen LogP contribution in [0.3, 0.4) is 0 Å². The largest absolute Gasteiger partial charge is 0.500 e. The quantitative estimate of drug-likeness (QED) is 0.145. The molecular formula is C34H27N5O3Pt. The molecule has 7 aromatic rings. The van der Waals surface area contributed by atoms with Gasteiger partial charge in [0.25, 0.3) is 0 Å². The molecule has 1 aliphatic rings. The Morgan fingerprint density at radius 2 is 1.70 bits per heavy atom. The number of nitrogens with zero attached hydrogens (tertiary/aromatic N) is 5. The second kappa shape index (κ2) is 9.49. The molecule has 0 aliphatic carbocycles. The van der Waals surface area contributed by atoms with Crippen LogP contribution in [0.1, 0.15) is 26.3 Å². The molecule has 3 aromatic carbocycles. The van der Waals surface area contributed by atoms with E-state index in [-0.39, 0.29) is 42.5 Å². The topological polar surface area (TPSA) is 86.2 Å². The third-order valence-electron chi connectivity index (χ3n) is 8.14. The smallest absolute Gasteiger partial charge is 0.325 e. The van der Waals surface area contributed by atoms with Gasteiger partial charge in [0.15, 0.2) is 17.1 Å². The molecule has 216 valence electrons. The van der Waals surface area contributed by atoms with Crippen LogP contribution in [0.5, 0.6) is 17.2 Å². The van der Waals surface area contributed by atoms with Crippen LogP contribution in [-0.2, 0) is 26.5 Å². The number of hydrogen-bond donors (Lipinski definition) is 1. The summed E-state index contributed by atoms with van der Waals surface area (Å²) in [6.07, 6.45) is 3.33. The van der Waals surface area contributed by atoms with E-state index in [1.807, 2.05) is 55.6 Å². The van der Waals surface area contributed by atoms with Crippen molar-refractivity contribution in [2.24, 2.45) is 0 Å². The van der Waals surface area contributed by atoms with Gasteiger partial charge >= 0.3 is 5.95 Å². The average molecular weight is 749 g/mol. The minimum atomic E-state index is -0.131. The number of imidazole rings is 1. The Morgan fingerprint density at radius 3 is 2.53 bits per heavy atom. The fourth-order valence-electron chi connectivity index (χ4n) is 6.10. The number of aromatic nitrogens is 4. The molecule has 1 N–H and O–H groups in total. The molecule has 1 atom stereocenters. The van der Waals surface area contributed by atoms with Gasteiger partial charge in [-0.1, -0.05) is 62.6 Å². The van der Waals surface area contributed by atoms with Crippen LogP contribution in [0, 0.1) is 6.07 Å². The first-order valence-electron chi connectivity index (χ1n) is 13.8. The van der Waals surface area contributed by atoms with Crippen molar-refractivity contribution in [3.63, 3.8) is 0 Å². The first-order valence-corrected chi connectivity index (χ1v) is 13.8. The van der Waals surface area contributed by atoms with Crippen molar-refractivity contribution in [3.8, 4) is 22.9 Å². The van der Waals surface area contributed by atoms with Crippen LogP contribution < -0.4 is 9.22 Å². The normalized spacial score (nSPS) is 15.9. The maximum atomic E-state index is 11.7. The standard InChI is InChI=1S/C34H27N5O3.Pt/c1-34(2,3)22-16-17-35-29-21-18-20(19-36-32(21)42-31(22)29)41-28-15-9-14-27(30(28)40)39(4)26-13-8-7-12-25(26)38-24-11-6-5-10-23(24)37-33(38)39;/h5-17,19,40H,1-4H3;. The van der Waals surface area contributed by atoms with Gasteiger partial charge in [0.1, 0.15) is 17.0 Å². The van der Waals surface area contributed by atoms with Gasteiger partial charge in [0, 0.05) is 44.9 Å². The molecule has 8 nitrogen and oxygen atoms in total. The summed E-state index contributed by atoms with van der Waals surface area (Å²) >= 11 is 0. The Bertz CT molecular complexity index is 2210. The van der Waals surface area contributed by atoms with Crippen molar-refractivity contribution in [2.45, 2.75) is 26.2 Å². The second-order valence-corrected chi connectivity index (χ2v) is 11.8. The third-order valence-corrected chi connectivity index (χ3v) is 8.14. The zero-order chi connectivity index (χ0) is 28.8. The van der Waals surface area contributed by atoms with E-state index in [4.69, 9.17) is 14.1 Å². The summed E-state index contributed by atoms with van der Waals surface area (Å²) < 4.78 is 14.7. The van der Waals surface area contributed by atoms with Crippen LogP contribution >= 0.6 is 0 Å². The molecule has 0 amide bonds. The summed E-state index contributed by atoms with van der Waals surface area (Å²) in [7, 11) is 2.04. The molecule has 5 heterocycles. The summed E-state index contributed by atoms with van der Waals surface area (Å²) in [6.45, 7) is 6.40. The molecule has 0 saturated carbocycles. The Morgan fingerprint density at radius 1 is 0.930 bits per heavy atom. The van der Waals surface area contributed by atoms with Gasteiger partial charge in [0.2, 0.25) is 5.75 Å². The number of phenols is 1. The number of ether oxygens (including phenoxy) is 1. The van der Waals surface area contributed by atoms with E-state index < -0.39 is 0 Å². The maximum absolute atomic E-state index is 11.7. The van der Waals surface area contributed by atoms with Crippen molar-refractivity contribution >= 4 is 50.6 Å². The van der Waals surface area contributed by atoms with Gasteiger partial charge in [-0.05, 0) is 47.5 Å². The summed E-state index contributed by atoms with van der Waals surface area (Å²) in [6, 6.07) is 27.0. The Balaban J connectivity index is 0.00000300. The first-order chi connectivity index (χ1) is 20.2. The van der Waals surface area contributed by atoms with Crippen molar-refractivity contribution < 1.29 is 35.3 Å². The second-order valence-electron chi connectivity index (χ2n) is 11.8. The molecule has 1 unspecified atom stereocenters. The molecule has 1 aliphatic heterocycles. The van der Waals surface area contributed by atoms with Gasteiger partial charge < -0.3 is 24.2 Å². The van der Waals surface area contributed by atoms with Crippen molar-refractivity contribution in [3.05, 3.63) is 96.8 Å². The van der Waals surface area contributed by atoms with Gasteiger partial charge in [-0.2, -0.15) is 9.47 Å². The van der Waals surface area contributed by atoms with Crippen LogP contribution in [-0.4, -0.2) is 31.7 Å². The van der Waals surface area contributed by atoms with Gasteiger partial charge in [0.05, 0.1) is 23.8 Å². The number of aromatic hydroxyl groups is 1. The summed E-state index contributed by atoms with van der Waals surface area (Å²) in [4.78, 5) is 14.1. The molecule has 0 radical (unpaired) electrons. The minimum Gasteiger partial charge on any atom is -0.500 e. The average Bonchev–Trinajstić information content (AvgIpc) is 3.63. The number of phenolic OH excluding ortho intramolecular Hbond substituents is 1. The minimum absolute atomic E-state index is 0. The zero-order valence-electron chi connectivity index (χ0n) is 23.9. The van der Waals surface area contributed by atoms with Crippen LogP contribution in [0.4, 0.5) is 17.3 Å². The number of furan rings is 1. The first kappa shape index (κ1) is 27.3. The number of benzene rings is 3. The number of hydrogen-bond acceptors (Lipinski definition) is 6. The molecule has 43 heavy (non-hydrogen) atoms. The number of quaternary nitrogens is 1. The fourth-order valence-corrected chi connectivity index (χ4v) is 6.10. The van der Waals surface area contributed by atoms with Crippen LogP contribution in [0.15, 0.2) is 89.6 Å². The molecule has 0 bridgehead atoms.